The molecule has 1 heterocycles. The zero-order chi connectivity index (χ0) is 9.19. The van der Waals surface area contributed by atoms with Crippen molar-refractivity contribution in [3.63, 3.8) is 0 Å². The van der Waals surface area contributed by atoms with Gasteiger partial charge in [-0.3, -0.25) is 0 Å². The van der Waals surface area contributed by atoms with Crippen LogP contribution in [0.3, 0.4) is 0 Å². The highest BCUT2D eigenvalue weighted by atomic mass is 19.4. The molecule has 66 valence electrons. The zero-order valence-electron chi connectivity index (χ0n) is 5.71. The average molecular weight is 180 g/mol. The predicted molar refractivity (Wildman–Crippen MR) is 33.5 cm³/mol. The van der Waals surface area contributed by atoms with Crippen LogP contribution in [0.2, 0.25) is 0 Å². The molecule has 0 saturated heterocycles. The van der Waals surface area contributed by atoms with E-state index in [0.717, 1.165) is 6.26 Å². The highest BCUT2D eigenvalue weighted by molar-refractivity contribution is 6.58. The highest BCUT2D eigenvalue weighted by Gasteiger charge is 2.37. The molecule has 0 radical (unpaired) electrons. The van der Waals surface area contributed by atoms with Crippen molar-refractivity contribution in [2.45, 2.75) is 6.36 Å². The van der Waals surface area contributed by atoms with Crippen LogP contribution in [0.4, 0.5) is 13.2 Å². The summed E-state index contributed by atoms with van der Waals surface area (Å²) >= 11 is 0. The summed E-state index contributed by atoms with van der Waals surface area (Å²) in [6.45, 7) is 0. The molecule has 0 aliphatic rings. The second-order valence-corrected chi connectivity index (χ2v) is 1.93. The van der Waals surface area contributed by atoms with E-state index in [2.05, 4.69) is 9.07 Å². The summed E-state index contributed by atoms with van der Waals surface area (Å²) in [4.78, 5) is 0. The lowest BCUT2D eigenvalue weighted by Crippen LogP contribution is -2.37. The Balaban J connectivity index is 2.56. The van der Waals surface area contributed by atoms with Gasteiger partial charge in [-0.05, 0) is 12.1 Å². The first-order chi connectivity index (χ1) is 5.49. The zero-order valence-corrected chi connectivity index (χ0v) is 5.71. The van der Waals surface area contributed by atoms with Crippen LogP contribution in [0.15, 0.2) is 22.8 Å². The van der Waals surface area contributed by atoms with E-state index >= 15 is 0 Å². The summed E-state index contributed by atoms with van der Waals surface area (Å²) in [5.41, 5.74) is -0.285. The lowest BCUT2D eigenvalue weighted by molar-refractivity contribution is -0.282. The van der Waals surface area contributed by atoms with Gasteiger partial charge in [0, 0.05) is 0 Å². The maximum Gasteiger partial charge on any atom is 0.535 e. The third-order valence-corrected chi connectivity index (χ3v) is 1.03. The third-order valence-electron chi connectivity index (χ3n) is 1.03. The van der Waals surface area contributed by atoms with Gasteiger partial charge in [0.15, 0.2) is 0 Å². The first-order valence-corrected chi connectivity index (χ1v) is 2.95. The number of furan rings is 1. The van der Waals surface area contributed by atoms with Crippen molar-refractivity contribution in [3.8, 4) is 0 Å². The van der Waals surface area contributed by atoms with Crippen LogP contribution in [0, 0.1) is 0 Å². The van der Waals surface area contributed by atoms with Crippen LogP contribution in [-0.2, 0) is 4.65 Å². The molecule has 0 aliphatic carbocycles. The van der Waals surface area contributed by atoms with Gasteiger partial charge in [-0.25, -0.2) is 0 Å². The molecular weight excluding hydrogens is 176 g/mol. The van der Waals surface area contributed by atoms with Crippen LogP contribution in [0.25, 0.3) is 0 Å². The first kappa shape index (κ1) is 9.15. The van der Waals surface area contributed by atoms with Gasteiger partial charge in [0.05, 0.1) is 6.26 Å². The third kappa shape index (κ3) is 2.59. The largest absolute Gasteiger partial charge is 0.535 e. The van der Waals surface area contributed by atoms with Crippen molar-refractivity contribution in [1.29, 1.82) is 0 Å². The van der Waals surface area contributed by atoms with Gasteiger partial charge in [0.1, 0.15) is 5.66 Å². The molecule has 0 amide bonds. The number of rotatable bonds is 2. The standard InChI is InChI=1S/C5H4BF3O3/c7-5(8,9)12-6(10)4-2-1-3-11-4/h1-3,10H. The second-order valence-electron chi connectivity index (χ2n) is 1.93. The average Bonchev–Trinajstić information content (AvgIpc) is 2.32. The van der Waals surface area contributed by atoms with E-state index in [1.54, 1.807) is 0 Å². The summed E-state index contributed by atoms with van der Waals surface area (Å²) in [6, 6.07) is 2.52. The Bertz CT molecular complexity index is 233. The monoisotopic (exact) mass is 180 g/mol. The first-order valence-electron chi connectivity index (χ1n) is 2.95. The molecule has 1 aromatic rings. The molecule has 0 atom stereocenters. The Morgan fingerprint density at radius 3 is 2.58 bits per heavy atom. The fourth-order valence-corrected chi connectivity index (χ4v) is 0.616. The van der Waals surface area contributed by atoms with Gasteiger partial charge in [0.2, 0.25) is 0 Å². The van der Waals surface area contributed by atoms with Gasteiger partial charge < -0.3 is 14.1 Å². The normalized spacial score (nSPS) is 11.7. The topological polar surface area (TPSA) is 42.6 Å². The van der Waals surface area contributed by atoms with E-state index < -0.39 is 13.5 Å². The van der Waals surface area contributed by atoms with Gasteiger partial charge in [-0.15, -0.1) is 13.2 Å². The van der Waals surface area contributed by atoms with E-state index in [1.165, 1.54) is 12.1 Å². The molecule has 0 aromatic carbocycles. The number of alkyl halides is 3. The van der Waals surface area contributed by atoms with E-state index in [9.17, 15) is 13.2 Å². The Morgan fingerprint density at radius 1 is 1.50 bits per heavy atom. The van der Waals surface area contributed by atoms with Crippen LogP contribution in [-0.4, -0.2) is 18.5 Å². The lowest BCUT2D eigenvalue weighted by Gasteiger charge is -2.07. The van der Waals surface area contributed by atoms with Gasteiger partial charge >= 0.3 is 13.5 Å². The van der Waals surface area contributed by atoms with Crippen molar-refractivity contribution in [3.05, 3.63) is 18.4 Å². The molecule has 12 heavy (non-hydrogen) atoms. The molecular formula is C5H4BF3O3. The van der Waals surface area contributed by atoms with Crippen LogP contribution < -0.4 is 5.66 Å². The summed E-state index contributed by atoms with van der Waals surface area (Å²) in [6.07, 6.45) is -3.73. The Kier molecular flexibility index (Phi) is 2.44. The molecule has 7 heteroatoms. The van der Waals surface area contributed by atoms with Crippen molar-refractivity contribution in [1.82, 2.24) is 0 Å². The summed E-state index contributed by atoms with van der Waals surface area (Å²) < 4.78 is 42.1. The molecule has 0 aliphatic heterocycles. The molecule has 1 N–H and O–H groups in total. The van der Waals surface area contributed by atoms with Crippen LogP contribution >= 0.6 is 0 Å². The fourth-order valence-electron chi connectivity index (χ4n) is 0.616. The SMILES string of the molecule is OB(OC(F)(F)F)c1ccco1. The van der Waals surface area contributed by atoms with Crippen molar-refractivity contribution >= 4 is 12.8 Å². The molecule has 0 unspecified atom stereocenters. The van der Waals surface area contributed by atoms with Gasteiger partial charge in [-0.2, -0.15) is 0 Å². The van der Waals surface area contributed by atoms with Gasteiger partial charge in [0.25, 0.3) is 0 Å². The summed E-state index contributed by atoms with van der Waals surface area (Å²) in [5.74, 6) is 0. The van der Waals surface area contributed by atoms with Crippen molar-refractivity contribution < 1.29 is 27.3 Å². The molecule has 1 rings (SSSR count). The molecule has 0 fully saturated rings. The fraction of sp³-hybridized carbons (Fsp3) is 0.200. The van der Waals surface area contributed by atoms with Crippen LogP contribution in [0.1, 0.15) is 0 Å². The summed E-state index contributed by atoms with van der Waals surface area (Å²) in [5, 5.41) is 8.71. The van der Waals surface area contributed by atoms with E-state index in [0.29, 0.717) is 0 Å². The van der Waals surface area contributed by atoms with Crippen molar-refractivity contribution in [2.24, 2.45) is 0 Å². The van der Waals surface area contributed by atoms with Crippen molar-refractivity contribution in [2.75, 3.05) is 0 Å². The van der Waals surface area contributed by atoms with E-state index in [-0.39, 0.29) is 5.66 Å². The molecule has 0 spiro atoms. The van der Waals surface area contributed by atoms with E-state index in [4.69, 9.17) is 5.02 Å². The number of halogens is 3. The molecule has 1 aromatic heterocycles. The summed E-state index contributed by atoms with van der Waals surface area (Å²) in [7, 11) is -2.10. The minimum atomic E-state index is -4.87. The Hall–Kier alpha value is -0.945. The minimum absolute atomic E-state index is 0.285. The molecule has 3 nitrogen and oxygen atoms in total. The van der Waals surface area contributed by atoms with Gasteiger partial charge in [-0.1, -0.05) is 0 Å². The lowest BCUT2D eigenvalue weighted by atomic mass is 9.87. The second kappa shape index (κ2) is 3.20. The predicted octanol–water partition coefficient (Wildman–Crippen LogP) is 0.504. The molecule has 0 bridgehead atoms. The Labute approximate surface area is 65.9 Å². The maximum absolute atomic E-state index is 11.5. The van der Waals surface area contributed by atoms with E-state index in [1.807, 2.05) is 0 Å². The number of hydrogen-bond donors (Lipinski definition) is 1. The smallest absolute Gasteiger partial charge is 0.473 e. The van der Waals surface area contributed by atoms with Crippen LogP contribution in [0.5, 0.6) is 0 Å². The highest BCUT2D eigenvalue weighted by Crippen LogP contribution is 2.16. The quantitative estimate of drug-likeness (QED) is 0.673. The minimum Gasteiger partial charge on any atom is -0.473 e. The molecule has 0 saturated carbocycles. The Morgan fingerprint density at radius 2 is 2.17 bits per heavy atom. The maximum atomic E-state index is 11.5. The number of hydrogen-bond acceptors (Lipinski definition) is 3.